The van der Waals surface area contributed by atoms with Crippen LogP contribution in [0, 0.1) is 5.82 Å². The monoisotopic (exact) mass is 415 g/mol. The van der Waals surface area contributed by atoms with Crippen LogP contribution < -0.4 is 15.5 Å². The first-order valence-corrected chi connectivity index (χ1v) is 8.00. The minimum Gasteiger partial charge on any atom is -0.314 e. The molecule has 146 valence electrons. The van der Waals surface area contributed by atoms with Gasteiger partial charge in [0.25, 0.3) is 17.5 Å². The SMILES string of the molecule is O=C(NC1(C(F)(F)F)NC(=O)N(c2ccc(Cl)cc2)C1=O)c1ccccc1F. The van der Waals surface area contributed by atoms with Crippen molar-refractivity contribution in [3.63, 3.8) is 0 Å². The Labute approximate surface area is 160 Å². The van der Waals surface area contributed by atoms with Crippen LogP contribution in [-0.2, 0) is 4.79 Å². The Morgan fingerprint density at radius 3 is 2.25 bits per heavy atom. The molecule has 0 saturated carbocycles. The van der Waals surface area contributed by atoms with Gasteiger partial charge in [-0.3, -0.25) is 14.9 Å². The van der Waals surface area contributed by atoms with Gasteiger partial charge in [-0.25, -0.2) is 14.1 Å². The van der Waals surface area contributed by atoms with Crippen molar-refractivity contribution >= 4 is 35.1 Å². The van der Waals surface area contributed by atoms with Gasteiger partial charge in [0.1, 0.15) is 5.82 Å². The lowest BCUT2D eigenvalue weighted by Gasteiger charge is -2.29. The number of alkyl halides is 3. The van der Waals surface area contributed by atoms with Crippen molar-refractivity contribution in [3.8, 4) is 0 Å². The number of rotatable bonds is 3. The number of imide groups is 1. The lowest BCUT2D eigenvalue weighted by atomic mass is 10.1. The van der Waals surface area contributed by atoms with E-state index in [2.05, 4.69) is 0 Å². The summed E-state index contributed by atoms with van der Waals surface area (Å²) in [5.41, 5.74) is -4.68. The molecule has 2 N–H and O–H groups in total. The molecule has 28 heavy (non-hydrogen) atoms. The van der Waals surface area contributed by atoms with E-state index in [4.69, 9.17) is 11.6 Å². The van der Waals surface area contributed by atoms with E-state index in [-0.39, 0.29) is 15.6 Å². The summed E-state index contributed by atoms with van der Waals surface area (Å²) in [4.78, 5) is 37.2. The van der Waals surface area contributed by atoms with Gasteiger partial charge in [-0.15, -0.1) is 0 Å². The number of urea groups is 1. The Morgan fingerprint density at radius 1 is 1.07 bits per heavy atom. The van der Waals surface area contributed by atoms with E-state index in [1.54, 1.807) is 0 Å². The molecular formula is C17H10ClF4N3O3. The highest BCUT2D eigenvalue weighted by Gasteiger charge is 2.69. The van der Waals surface area contributed by atoms with Crippen LogP contribution in [-0.4, -0.2) is 29.7 Å². The molecule has 2 aromatic rings. The molecule has 0 radical (unpaired) electrons. The summed E-state index contributed by atoms with van der Waals surface area (Å²) in [7, 11) is 0. The van der Waals surface area contributed by atoms with Gasteiger partial charge < -0.3 is 5.32 Å². The van der Waals surface area contributed by atoms with Crippen molar-refractivity contribution < 1.29 is 31.9 Å². The quantitative estimate of drug-likeness (QED) is 0.597. The van der Waals surface area contributed by atoms with Crippen LogP contribution in [0.15, 0.2) is 48.5 Å². The summed E-state index contributed by atoms with van der Waals surface area (Å²) in [5, 5.41) is 3.12. The third kappa shape index (κ3) is 3.15. The number of anilines is 1. The summed E-state index contributed by atoms with van der Waals surface area (Å²) in [6, 6.07) is 7.70. The Hall–Kier alpha value is -3.14. The van der Waals surface area contributed by atoms with Crippen LogP contribution in [0.1, 0.15) is 10.4 Å². The van der Waals surface area contributed by atoms with Gasteiger partial charge in [0.2, 0.25) is 0 Å². The second-order valence-electron chi connectivity index (χ2n) is 5.73. The lowest BCUT2D eigenvalue weighted by molar-refractivity contribution is -0.197. The maximum atomic E-state index is 13.8. The highest BCUT2D eigenvalue weighted by Crippen LogP contribution is 2.36. The lowest BCUT2D eigenvalue weighted by Crippen LogP contribution is -2.69. The molecule has 1 aliphatic heterocycles. The topological polar surface area (TPSA) is 78.5 Å². The van der Waals surface area contributed by atoms with Crippen molar-refractivity contribution in [1.29, 1.82) is 0 Å². The molecular weight excluding hydrogens is 406 g/mol. The fourth-order valence-corrected chi connectivity index (χ4v) is 2.71. The fourth-order valence-electron chi connectivity index (χ4n) is 2.59. The summed E-state index contributed by atoms with van der Waals surface area (Å²) in [6.45, 7) is 0. The molecule has 1 saturated heterocycles. The molecule has 3 rings (SSSR count). The predicted octanol–water partition coefficient (Wildman–Crippen LogP) is 3.22. The highest BCUT2D eigenvalue weighted by atomic mass is 35.5. The number of carbonyl (C=O) groups excluding carboxylic acids is 3. The van der Waals surface area contributed by atoms with E-state index in [0.717, 1.165) is 24.3 Å². The van der Waals surface area contributed by atoms with Crippen molar-refractivity contribution in [1.82, 2.24) is 10.6 Å². The molecule has 0 aliphatic carbocycles. The van der Waals surface area contributed by atoms with Gasteiger partial charge >= 0.3 is 12.2 Å². The minimum absolute atomic E-state index is 0.196. The highest BCUT2D eigenvalue weighted by molar-refractivity contribution is 6.31. The van der Waals surface area contributed by atoms with E-state index < -0.39 is 41.1 Å². The second kappa shape index (κ2) is 6.79. The van der Waals surface area contributed by atoms with E-state index in [1.165, 1.54) is 34.9 Å². The Kier molecular flexibility index (Phi) is 4.76. The molecule has 4 amide bonds. The number of hydrogen-bond acceptors (Lipinski definition) is 3. The minimum atomic E-state index is -5.41. The first-order valence-electron chi connectivity index (χ1n) is 7.63. The zero-order valence-corrected chi connectivity index (χ0v) is 14.4. The number of benzene rings is 2. The molecule has 1 heterocycles. The first kappa shape index (κ1) is 19.6. The van der Waals surface area contributed by atoms with E-state index >= 15 is 0 Å². The fraction of sp³-hybridized carbons (Fsp3) is 0.118. The van der Waals surface area contributed by atoms with Crippen molar-refractivity contribution in [2.24, 2.45) is 0 Å². The van der Waals surface area contributed by atoms with Crippen LogP contribution in [0.3, 0.4) is 0 Å². The molecule has 1 atom stereocenters. The number of hydrogen-bond donors (Lipinski definition) is 2. The molecule has 0 aromatic heterocycles. The van der Waals surface area contributed by atoms with Gasteiger partial charge in [0, 0.05) is 5.02 Å². The number of carbonyl (C=O) groups is 3. The van der Waals surface area contributed by atoms with Gasteiger partial charge in [-0.2, -0.15) is 13.2 Å². The normalized spacial score (nSPS) is 19.5. The molecule has 6 nitrogen and oxygen atoms in total. The van der Waals surface area contributed by atoms with Crippen molar-refractivity contribution in [3.05, 3.63) is 64.9 Å². The summed E-state index contributed by atoms with van der Waals surface area (Å²) in [5.74, 6) is -4.41. The second-order valence-corrected chi connectivity index (χ2v) is 6.17. The molecule has 2 aromatic carbocycles. The Balaban J connectivity index is 2.02. The zero-order chi connectivity index (χ0) is 20.7. The largest absolute Gasteiger partial charge is 0.440 e. The zero-order valence-electron chi connectivity index (χ0n) is 13.7. The number of amides is 4. The first-order chi connectivity index (χ1) is 13.1. The van der Waals surface area contributed by atoms with Gasteiger partial charge in [-0.05, 0) is 36.4 Å². The molecule has 1 fully saturated rings. The Morgan fingerprint density at radius 2 is 1.68 bits per heavy atom. The van der Waals surface area contributed by atoms with Crippen LogP contribution in [0.5, 0.6) is 0 Å². The van der Waals surface area contributed by atoms with Crippen molar-refractivity contribution in [2.45, 2.75) is 11.8 Å². The summed E-state index contributed by atoms with van der Waals surface area (Å²) < 4.78 is 55.1. The van der Waals surface area contributed by atoms with Gasteiger partial charge in [0.05, 0.1) is 11.3 Å². The standard InChI is InChI=1S/C17H10ClF4N3O3/c18-9-5-7-10(8-6-9)25-14(27)16(17(20,21)22,24-15(25)28)23-13(26)11-3-1-2-4-12(11)19/h1-8H,(H,23,26)(H,24,28). The Bertz CT molecular complexity index is 965. The summed E-state index contributed by atoms with van der Waals surface area (Å²) in [6.07, 6.45) is -5.41. The molecule has 1 aliphatic rings. The molecule has 0 spiro atoms. The van der Waals surface area contributed by atoms with E-state index in [0.29, 0.717) is 0 Å². The van der Waals surface area contributed by atoms with Crippen molar-refractivity contribution in [2.75, 3.05) is 4.90 Å². The predicted molar refractivity (Wildman–Crippen MR) is 90.1 cm³/mol. The molecule has 0 bridgehead atoms. The molecule has 11 heteroatoms. The van der Waals surface area contributed by atoms with Crippen LogP contribution in [0.25, 0.3) is 0 Å². The van der Waals surface area contributed by atoms with Gasteiger partial charge in [-0.1, -0.05) is 23.7 Å². The van der Waals surface area contributed by atoms with Gasteiger partial charge in [0.15, 0.2) is 0 Å². The average molecular weight is 416 g/mol. The maximum Gasteiger partial charge on any atom is 0.440 e. The number of nitrogens with one attached hydrogen (secondary N) is 2. The van der Waals surface area contributed by atoms with Crippen LogP contribution >= 0.6 is 11.6 Å². The molecule has 1 unspecified atom stereocenters. The van der Waals surface area contributed by atoms with E-state index in [9.17, 15) is 31.9 Å². The number of halogens is 5. The summed E-state index contributed by atoms with van der Waals surface area (Å²) >= 11 is 5.69. The third-order valence-corrected chi connectivity index (χ3v) is 4.20. The third-order valence-electron chi connectivity index (χ3n) is 3.95. The average Bonchev–Trinajstić information content (AvgIpc) is 2.87. The van der Waals surface area contributed by atoms with Crippen LogP contribution in [0.4, 0.5) is 28.0 Å². The van der Waals surface area contributed by atoms with E-state index in [1.807, 2.05) is 0 Å². The van der Waals surface area contributed by atoms with Crippen LogP contribution in [0.2, 0.25) is 5.02 Å². The maximum absolute atomic E-state index is 13.8. The number of nitrogens with zero attached hydrogens (tertiary/aromatic N) is 1. The smallest absolute Gasteiger partial charge is 0.314 e.